The van der Waals surface area contributed by atoms with Gasteiger partial charge in [-0.1, -0.05) is 6.92 Å². The van der Waals surface area contributed by atoms with Crippen LogP contribution in [-0.2, 0) is 13.1 Å². The highest BCUT2D eigenvalue weighted by Gasteiger charge is 2.21. The molecule has 0 fully saturated rings. The molecule has 0 bridgehead atoms. The molecule has 112 valence electrons. The maximum atomic E-state index is 5.69. The number of anilines is 1. The van der Waals surface area contributed by atoms with Gasteiger partial charge in [0.05, 0.1) is 25.9 Å². The minimum absolute atomic E-state index is 0.661. The lowest BCUT2D eigenvalue weighted by atomic mass is 10.2. The van der Waals surface area contributed by atoms with Gasteiger partial charge in [0, 0.05) is 12.6 Å². The van der Waals surface area contributed by atoms with Gasteiger partial charge in [0.2, 0.25) is 0 Å². The van der Waals surface area contributed by atoms with E-state index in [0.29, 0.717) is 13.2 Å². The monoisotopic (exact) mass is 289 g/mol. The quantitative estimate of drug-likeness (QED) is 0.831. The molecular weight excluding hydrogens is 270 g/mol. The first-order chi connectivity index (χ1) is 10.3. The summed E-state index contributed by atoms with van der Waals surface area (Å²) in [5, 5.41) is 11.9. The zero-order chi connectivity index (χ0) is 14.7. The third-order valence-electron chi connectivity index (χ3n) is 3.50. The minimum Gasteiger partial charge on any atom is -0.497 e. The van der Waals surface area contributed by atoms with Gasteiger partial charge in [0.1, 0.15) is 18.1 Å². The van der Waals surface area contributed by atoms with E-state index in [1.54, 1.807) is 7.11 Å². The Morgan fingerprint density at radius 1 is 1.38 bits per heavy atom. The molecule has 0 saturated heterocycles. The predicted molar refractivity (Wildman–Crippen MR) is 77.6 cm³/mol. The van der Waals surface area contributed by atoms with E-state index in [9.17, 15) is 0 Å². The van der Waals surface area contributed by atoms with Crippen molar-refractivity contribution in [1.82, 2.24) is 20.2 Å². The van der Waals surface area contributed by atoms with Crippen molar-refractivity contribution < 1.29 is 9.47 Å². The number of ether oxygens (including phenoxy) is 2. The molecule has 0 atom stereocenters. The van der Waals surface area contributed by atoms with Crippen molar-refractivity contribution in [3.8, 4) is 11.5 Å². The number of tetrazole rings is 1. The molecule has 0 aliphatic carbocycles. The molecule has 1 aliphatic heterocycles. The van der Waals surface area contributed by atoms with Gasteiger partial charge in [-0.05, 0) is 29.0 Å². The van der Waals surface area contributed by atoms with Crippen LogP contribution < -0.4 is 14.4 Å². The van der Waals surface area contributed by atoms with E-state index >= 15 is 0 Å². The van der Waals surface area contributed by atoms with Crippen LogP contribution in [0.1, 0.15) is 19.2 Å². The summed E-state index contributed by atoms with van der Waals surface area (Å²) in [4.78, 5) is 2.22. The molecule has 0 N–H and O–H groups in total. The summed E-state index contributed by atoms with van der Waals surface area (Å²) < 4.78 is 12.8. The van der Waals surface area contributed by atoms with Crippen LogP contribution in [0.25, 0.3) is 0 Å². The van der Waals surface area contributed by atoms with Gasteiger partial charge in [0.15, 0.2) is 5.82 Å². The fraction of sp³-hybridized carbons (Fsp3) is 0.500. The van der Waals surface area contributed by atoms with Gasteiger partial charge in [-0.3, -0.25) is 0 Å². The number of rotatable bonds is 5. The fourth-order valence-electron chi connectivity index (χ4n) is 2.44. The third-order valence-corrected chi connectivity index (χ3v) is 3.50. The molecule has 7 nitrogen and oxygen atoms in total. The Balaban J connectivity index is 1.85. The van der Waals surface area contributed by atoms with E-state index in [1.165, 1.54) is 0 Å². The second-order valence-electron chi connectivity index (χ2n) is 4.92. The summed E-state index contributed by atoms with van der Waals surface area (Å²) >= 11 is 0. The maximum absolute atomic E-state index is 5.69. The normalized spacial score (nSPS) is 13.7. The Kier molecular flexibility index (Phi) is 3.89. The summed E-state index contributed by atoms with van der Waals surface area (Å²) in [7, 11) is 1.66. The van der Waals surface area contributed by atoms with Gasteiger partial charge in [-0.2, -0.15) is 0 Å². The number of hydrogen-bond acceptors (Lipinski definition) is 6. The summed E-state index contributed by atoms with van der Waals surface area (Å²) in [6.45, 7) is 5.07. The first kappa shape index (κ1) is 13.7. The molecule has 1 aromatic carbocycles. The highest BCUT2D eigenvalue weighted by Crippen LogP contribution is 2.35. The van der Waals surface area contributed by atoms with Crippen molar-refractivity contribution >= 4 is 5.69 Å². The number of nitrogens with zero attached hydrogens (tertiary/aromatic N) is 5. The van der Waals surface area contributed by atoms with E-state index in [0.717, 1.165) is 42.5 Å². The average Bonchev–Trinajstić information content (AvgIpc) is 2.95. The molecule has 7 heteroatoms. The number of hydrogen-bond donors (Lipinski definition) is 0. The molecule has 1 aliphatic rings. The van der Waals surface area contributed by atoms with Crippen molar-refractivity contribution in [1.29, 1.82) is 0 Å². The number of aromatic nitrogens is 4. The minimum atomic E-state index is 0.661. The molecule has 21 heavy (non-hydrogen) atoms. The third kappa shape index (κ3) is 2.76. The highest BCUT2D eigenvalue weighted by molar-refractivity contribution is 5.62. The summed E-state index contributed by atoms with van der Waals surface area (Å²) in [6, 6.07) is 5.83. The molecule has 2 aromatic rings. The van der Waals surface area contributed by atoms with Crippen LogP contribution in [0.5, 0.6) is 11.5 Å². The van der Waals surface area contributed by atoms with E-state index in [1.807, 2.05) is 22.9 Å². The van der Waals surface area contributed by atoms with E-state index in [4.69, 9.17) is 9.47 Å². The smallest absolute Gasteiger partial charge is 0.170 e. The Bertz CT molecular complexity index is 613. The summed E-state index contributed by atoms with van der Waals surface area (Å²) in [5.74, 6) is 2.56. The van der Waals surface area contributed by atoms with Gasteiger partial charge < -0.3 is 14.4 Å². The van der Waals surface area contributed by atoms with E-state index in [2.05, 4.69) is 27.3 Å². The molecule has 0 unspecified atom stereocenters. The van der Waals surface area contributed by atoms with Crippen LogP contribution in [0.3, 0.4) is 0 Å². The van der Waals surface area contributed by atoms with Crippen LogP contribution in [0.15, 0.2) is 18.2 Å². The lowest BCUT2D eigenvalue weighted by Gasteiger charge is -2.31. The number of benzene rings is 1. The van der Waals surface area contributed by atoms with Crippen LogP contribution in [-0.4, -0.2) is 40.5 Å². The van der Waals surface area contributed by atoms with Crippen molar-refractivity contribution in [2.24, 2.45) is 0 Å². The second-order valence-corrected chi connectivity index (χ2v) is 4.92. The number of aryl methyl sites for hydroxylation is 1. The van der Waals surface area contributed by atoms with Crippen molar-refractivity contribution in [2.45, 2.75) is 26.4 Å². The molecule has 0 radical (unpaired) electrons. The SMILES string of the molecule is CCCn1nnnc1CN1CCOc2ccc(OC)cc21. The summed E-state index contributed by atoms with van der Waals surface area (Å²) in [6.07, 6.45) is 1.01. The van der Waals surface area contributed by atoms with Crippen molar-refractivity contribution in [3.05, 3.63) is 24.0 Å². The molecule has 0 amide bonds. The lowest BCUT2D eigenvalue weighted by molar-refractivity contribution is 0.304. The van der Waals surface area contributed by atoms with Gasteiger partial charge in [-0.25, -0.2) is 4.68 Å². The molecule has 2 heterocycles. The summed E-state index contributed by atoms with van der Waals surface area (Å²) in [5.41, 5.74) is 1.02. The molecule has 0 saturated carbocycles. The Morgan fingerprint density at radius 2 is 2.29 bits per heavy atom. The zero-order valence-electron chi connectivity index (χ0n) is 12.3. The predicted octanol–water partition coefficient (Wildman–Crippen LogP) is 1.49. The zero-order valence-corrected chi connectivity index (χ0v) is 12.3. The topological polar surface area (TPSA) is 65.3 Å². The lowest BCUT2D eigenvalue weighted by Crippen LogP contribution is -2.33. The Hall–Kier alpha value is -2.31. The molecule has 1 aromatic heterocycles. The molecule has 3 rings (SSSR count). The van der Waals surface area contributed by atoms with Crippen molar-refractivity contribution in [3.63, 3.8) is 0 Å². The van der Waals surface area contributed by atoms with Crippen LogP contribution in [0.4, 0.5) is 5.69 Å². The highest BCUT2D eigenvalue weighted by atomic mass is 16.5. The largest absolute Gasteiger partial charge is 0.497 e. The van der Waals surface area contributed by atoms with Gasteiger partial charge in [-0.15, -0.1) is 5.10 Å². The second kappa shape index (κ2) is 5.99. The number of methoxy groups -OCH3 is 1. The van der Waals surface area contributed by atoms with Crippen LogP contribution in [0.2, 0.25) is 0 Å². The molecular formula is C14H19N5O2. The number of fused-ring (bicyclic) bond motifs is 1. The van der Waals surface area contributed by atoms with E-state index in [-0.39, 0.29) is 0 Å². The maximum Gasteiger partial charge on any atom is 0.170 e. The standard InChI is InChI=1S/C14H19N5O2/c1-3-6-19-14(15-16-17-19)10-18-7-8-21-13-5-4-11(20-2)9-12(13)18/h4-5,9H,3,6-8,10H2,1-2H3. The van der Waals surface area contributed by atoms with Gasteiger partial charge in [0.25, 0.3) is 0 Å². The van der Waals surface area contributed by atoms with Crippen molar-refractivity contribution in [2.75, 3.05) is 25.2 Å². The van der Waals surface area contributed by atoms with E-state index < -0.39 is 0 Å². The average molecular weight is 289 g/mol. The van der Waals surface area contributed by atoms with Gasteiger partial charge >= 0.3 is 0 Å². The fourth-order valence-corrected chi connectivity index (χ4v) is 2.44. The molecule has 0 spiro atoms. The first-order valence-electron chi connectivity index (χ1n) is 7.12. The Morgan fingerprint density at radius 3 is 3.10 bits per heavy atom. The Labute approximate surface area is 123 Å². The van der Waals surface area contributed by atoms with Crippen LogP contribution >= 0.6 is 0 Å². The van der Waals surface area contributed by atoms with Crippen LogP contribution in [0, 0.1) is 0 Å². The first-order valence-corrected chi connectivity index (χ1v) is 7.12.